The lowest BCUT2D eigenvalue weighted by Gasteiger charge is -2.26. The second-order valence-electron chi connectivity index (χ2n) is 18.1. The average Bonchev–Trinajstić information content (AvgIpc) is 3.17. The maximum absolute atomic E-state index is 14.6. The number of rotatable bonds is 12. The highest BCUT2D eigenvalue weighted by molar-refractivity contribution is 6.89. The number of halogens is 3. The third-order valence-electron chi connectivity index (χ3n) is 10.3. The van der Waals surface area contributed by atoms with Crippen LogP contribution < -0.4 is 20.5 Å². The summed E-state index contributed by atoms with van der Waals surface area (Å²) in [5.41, 5.74) is 9.09. The van der Waals surface area contributed by atoms with E-state index in [4.69, 9.17) is 0 Å². The fourth-order valence-corrected chi connectivity index (χ4v) is 11.1. The monoisotopic (exact) mass is 821 g/mol. The Balaban J connectivity index is 1.29. The number of hydrogen-bond donors (Lipinski definition) is 0. The minimum Gasteiger partial charge on any atom is -0.311 e. The molecule has 0 radical (unpaired) electrons. The smallest absolute Gasteiger partial charge is 0.122 e. The molecule has 58 heavy (non-hydrogen) atoms. The summed E-state index contributed by atoms with van der Waals surface area (Å²) in [7, 11) is -5.45. The largest absolute Gasteiger partial charge is 0.311 e. The Morgan fingerprint density at radius 3 is 0.741 bits per heavy atom. The first-order valence-electron chi connectivity index (χ1n) is 19.9. The molecule has 6 rings (SSSR count). The first-order chi connectivity index (χ1) is 27.3. The summed E-state index contributed by atoms with van der Waals surface area (Å²) in [5, 5.41) is 2.51. The fraction of sp³-hybridized carbons (Fsp3) is 0.176. The summed E-state index contributed by atoms with van der Waals surface area (Å²) in [6.45, 7) is 19.4. The van der Waals surface area contributed by atoms with Crippen LogP contribution in [-0.2, 0) is 0 Å². The summed E-state index contributed by atoms with van der Waals surface area (Å²) in [4.78, 5) is 2.23. The topological polar surface area (TPSA) is 3.24 Å². The molecule has 0 aliphatic carbocycles. The molecule has 1 nitrogen and oxygen atoms in total. The van der Waals surface area contributed by atoms with E-state index in [9.17, 15) is 13.2 Å². The molecule has 6 aromatic rings. The van der Waals surface area contributed by atoms with Gasteiger partial charge in [-0.05, 0) is 104 Å². The molecule has 0 fully saturated rings. The quantitative estimate of drug-likeness (QED) is 0.0878. The van der Waals surface area contributed by atoms with Gasteiger partial charge >= 0.3 is 0 Å². The molecule has 0 saturated heterocycles. The highest BCUT2D eigenvalue weighted by Crippen LogP contribution is 2.35. The van der Waals surface area contributed by atoms with Crippen molar-refractivity contribution < 1.29 is 13.2 Å². The molecule has 0 heterocycles. The Hall–Kier alpha value is -5.22. The van der Waals surface area contributed by atoms with Crippen LogP contribution >= 0.6 is 0 Å². The molecule has 0 aliphatic rings. The van der Waals surface area contributed by atoms with Crippen molar-refractivity contribution in [2.75, 3.05) is 4.90 Å². The van der Waals surface area contributed by atoms with Crippen LogP contribution in [0.15, 0.2) is 127 Å². The van der Waals surface area contributed by atoms with Crippen molar-refractivity contribution in [1.29, 1.82) is 0 Å². The van der Waals surface area contributed by atoms with Crippen molar-refractivity contribution in [2.24, 2.45) is 0 Å². The molecule has 6 aromatic carbocycles. The highest BCUT2D eigenvalue weighted by Gasteiger charge is 2.23. The molecule has 0 atom stereocenters. The van der Waals surface area contributed by atoms with E-state index in [0.717, 1.165) is 66.0 Å². The Bertz CT molecular complexity index is 2190. The second kappa shape index (κ2) is 17.3. The van der Waals surface area contributed by atoms with Gasteiger partial charge < -0.3 is 4.90 Å². The maximum Gasteiger partial charge on any atom is 0.122 e. The van der Waals surface area contributed by atoms with Gasteiger partial charge in [0.15, 0.2) is 0 Å². The predicted octanol–water partition coefficient (Wildman–Crippen LogP) is 13.7. The lowest BCUT2D eigenvalue weighted by molar-refractivity contribution is 0.634. The van der Waals surface area contributed by atoms with Crippen molar-refractivity contribution in [3.05, 3.63) is 178 Å². The number of anilines is 3. The Morgan fingerprint density at radius 2 is 0.517 bits per heavy atom. The zero-order valence-corrected chi connectivity index (χ0v) is 38.2. The van der Waals surface area contributed by atoms with Gasteiger partial charge in [-0.25, -0.2) is 13.2 Å². The lowest BCUT2D eigenvalue weighted by Crippen LogP contribution is -2.40. The molecular weight excluding hydrogens is 768 g/mol. The zero-order chi connectivity index (χ0) is 41.8. The molecule has 0 unspecified atom stereocenters. The first-order valence-corrected chi connectivity index (χ1v) is 30.4. The Morgan fingerprint density at radius 1 is 0.310 bits per heavy atom. The molecule has 0 aromatic heterocycles. The van der Waals surface area contributed by atoms with E-state index in [-0.39, 0.29) is 17.5 Å². The number of nitrogens with zero attached hydrogens (tertiary/aromatic N) is 1. The molecule has 0 saturated carbocycles. The van der Waals surface area contributed by atoms with Gasteiger partial charge in [-0.2, -0.15) is 0 Å². The van der Waals surface area contributed by atoms with Crippen molar-refractivity contribution in [2.45, 2.75) is 58.9 Å². The summed E-state index contributed by atoms with van der Waals surface area (Å²) in [6.07, 6.45) is 12.3. The van der Waals surface area contributed by atoms with Crippen LogP contribution in [0.3, 0.4) is 0 Å². The molecule has 0 spiro atoms. The maximum atomic E-state index is 14.6. The highest BCUT2D eigenvalue weighted by atomic mass is 28.3. The summed E-state index contributed by atoms with van der Waals surface area (Å²) in [6, 6.07) is 41.5. The minimum absolute atomic E-state index is 0.123. The normalized spacial score (nSPS) is 12.6. The van der Waals surface area contributed by atoms with Gasteiger partial charge in [-0.1, -0.05) is 168 Å². The third kappa shape index (κ3) is 10.6. The van der Waals surface area contributed by atoms with Crippen LogP contribution in [-0.4, -0.2) is 24.2 Å². The van der Waals surface area contributed by atoms with Gasteiger partial charge in [-0.15, -0.1) is 0 Å². The molecule has 0 bridgehead atoms. The number of hydrogen-bond acceptors (Lipinski definition) is 1. The van der Waals surface area contributed by atoms with Gasteiger partial charge in [0, 0.05) is 17.1 Å². The van der Waals surface area contributed by atoms with E-state index < -0.39 is 24.2 Å². The van der Waals surface area contributed by atoms with Gasteiger partial charge in [0.1, 0.15) is 17.5 Å². The Kier molecular flexibility index (Phi) is 12.7. The molecule has 0 N–H and O–H groups in total. The molecule has 7 heteroatoms. The molecule has 0 aliphatic heterocycles. The van der Waals surface area contributed by atoms with Crippen LogP contribution in [0.2, 0.25) is 58.9 Å². The van der Waals surface area contributed by atoms with Gasteiger partial charge in [-0.3, -0.25) is 0 Å². The molecular formula is C51H54F3NSi3. The molecule has 296 valence electrons. The predicted molar refractivity (Wildman–Crippen MR) is 256 cm³/mol. The zero-order valence-electron chi connectivity index (χ0n) is 35.2. The third-order valence-corrected chi connectivity index (χ3v) is 16.3. The van der Waals surface area contributed by atoms with Crippen LogP contribution in [0, 0.1) is 17.5 Å². The summed E-state index contributed by atoms with van der Waals surface area (Å²) >= 11 is 0. The Labute approximate surface area is 347 Å². The van der Waals surface area contributed by atoms with Gasteiger partial charge in [0.2, 0.25) is 0 Å². The summed E-state index contributed by atoms with van der Waals surface area (Å²) < 4.78 is 43.8. The van der Waals surface area contributed by atoms with Crippen molar-refractivity contribution >= 4 is 93.3 Å². The van der Waals surface area contributed by atoms with Crippen LogP contribution in [0.1, 0.15) is 33.4 Å². The minimum atomic E-state index is -1.82. The van der Waals surface area contributed by atoms with Crippen LogP contribution in [0.25, 0.3) is 36.5 Å². The van der Waals surface area contributed by atoms with Gasteiger partial charge in [0.25, 0.3) is 0 Å². The van der Waals surface area contributed by atoms with Crippen LogP contribution in [0.5, 0.6) is 0 Å². The molecule has 0 amide bonds. The van der Waals surface area contributed by atoms with E-state index in [1.807, 2.05) is 54.6 Å². The van der Waals surface area contributed by atoms with E-state index in [0.29, 0.717) is 0 Å². The second-order valence-corrected chi connectivity index (χ2v) is 33.2. The SMILES string of the molecule is C[Si](C)(C)c1cc(/C=C/c2ccc(N(c3ccc(/C=C/c4ccc(F)c([Si](C)(C)C)c4)cc3)c3ccc(/C=C/c4ccc(F)c([Si](C)(C)C)c4)cc3)cc2)ccc1F. The van der Waals surface area contributed by atoms with Crippen molar-refractivity contribution in [3.8, 4) is 0 Å². The van der Waals surface area contributed by atoms with E-state index in [1.165, 1.54) is 0 Å². The van der Waals surface area contributed by atoms with Crippen molar-refractivity contribution in [3.63, 3.8) is 0 Å². The van der Waals surface area contributed by atoms with E-state index in [2.05, 4.69) is 155 Å². The van der Waals surface area contributed by atoms with Gasteiger partial charge in [0.05, 0.1) is 24.2 Å². The summed E-state index contributed by atoms with van der Waals surface area (Å²) in [5.74, 6) is -0.370. The van der Waals surface area contributed by atoms with E-state index >= 15 is 0 Å². The average molecular weight is 822 g/mol. The van der Waals surface area contributed by atoms with E-state index in [1.54, 1.807) is 18.2 Å². The van der Waals surface area contributed by atoms with Crippen LogP contribution in [0.4, 0.5) is 30.2 Å². The first kappa shape index (κ1) is 42.4. The fourth-order valence-electron chi connectivity index (χ4n) is 6.89. The number of benzene rings is 6. The standard InChI is InChI=1S/C51H54F3NSi3/c1-56(2,3)49-34-40(22-31-46(49)52)13-10-37-16-25-43(26-17-37)55(44-27-18-38(19-28-44)11-14-41-23-32-47(53)50(35-41)57(4,5)6)45-29-20-39(21-30-45)12-15-42-24-33-48(54)51(36-42)58(7,8)9/h10-36H,1-9H3/b13-10+,14-11+,15-12+. The van der Waals surface area contributed by atoms with Crippen molar-refractivity contribution in [1.82, 2.24) is 0 Å². The lowest BCUT2D eigenvalue weighted by atomic mass is 10.1.